The summed E-state index contributed by atoms with van der Waals surface area (Å²) in [5.41, 5.74) is 1.10. The van der Waals surface area contributed by atoms with E-state index in [2.05, 4.69) is 10.6 Å². The standard InChI is InChI=1S/C24H34N2O5/c1-18(17-27)26-22(28)16-20-11-7-2-3-8-12-21(15-19-9-5-4-6-10-19)24(30)31-14-13-25-23(20)29/h2,4-7,9-10,18,20-21,27H,3,8,11-17H2,1H3,(H,25,29)(H,26,28). The molecule has 7 nitrogen and oxygen atoms in total. The number of aliphatic hydroxyl groups excluding tert-OH is 1. The van der Waals surface area contributed by atoms with Crippen LogP contribution >= 0.6 is 0 Å². The molecule has 31 heavy (non-hydrogen) atoms. The van der Waals surface area contributed by atoms with Gasteiger partial charge in [-0.15, -0.1) is 0 Å². The van der Waals surface area contributed by atoms with Crippen LogP contribution < -0.4 is 10.6 Å². The zero-order valence-electron chi connectivity index (χ0n) is 18.2. The molecular weight excluding hydrogens is 396 g/mol. The van der Waals surface area contributed by atoms with E-state index in [1.165, 1.54) is 0 Å². The van der Waals surface area contributed by atoms with Crippen LogP contribution in [0.15, 0.2) is 42.5 Å². The number of hydrogen-bond acceptors (Lipinski definition) is 5. The van der Waals surface area contributed by atoms with Gasteiger partial charge in [-0.1, -0.05) is 42.5 Å². The van der Waals surface area contributed by atoms with Crippen LogP contribution in [0.4, 0.5) is 0 Å². The van der Waals surface area contributed by atoms with Crippen molar-refractivity contribution in [3.05, 3.63) is 48.0 Å². The van der Waals surface area contributed by atoms with Crippen LogP contribution in [0.1, 0.15) is 44.6 Å². The summed E-state index contributed by atoms with van der Waals surface area (Å²) >= 11 is 0. The molecule has 1 aromatic rings. The normalized spacial score (nSPS) is 22.0. The Hall–Kier alpha value is -2.67. The van der Waals surface area contributed by atoms with Gasteiger partial charge in [0, 0.05) is 12.5 Å². The quantitative estimate of drug-likeness (QED) is 0.474. The second-order valence-electron chi connectivity index (χ2n) is 8.04. The number of rotatable bonds is 6. The van der Waals surface area contributed by atoms with Gasteiger partial charge in [0.1, 0.15) is 6.61 Å². The van der Waals surface area contributed by atoms with E-state index in [0.717, 1.165) is 24.8 Å². The van der Waals surface area contributed by atoms with Crippen molar-refractivity contribution in [2.24, 2.45) is 11.8 Å². The molecular formula is C24H34N2O5. The molecule has 3 unspecified atom stereocenters. The van der Waals surface area contributed by atoms with Crippen LogP contribution in [-0.2, 0) is 25.5 Å². The van der Waals surface area contributed by atoms with Crippen molar-refractivity contribution in [2.75, 3.05) is 19.8 Å². The van der Waals surface area contributed by atoms with Crippen LogP contribution in [0.25, 0.3) is 0 Å². The van der Waals surface area contributed by atoms with Gasteiger partial charge in [-0.05, 0) is 44.6 Å². The number of benzene rings is 1. The fraction of sp³-hybridized carbons (Fsp3) is 0.542. The summed E-state index contributed by atoms with van der Waals surface area (Å²) < 4.78 is 5.42. The van der Waals surface area contributed by atoms with Crippen molar-refractivity contribution in [1.82, 2.24) is 10.6 Å². The summed E-state index contributed by atoms with van der Waals surface area (Å²) in [6.45, 7) is 1.85. The first-order valence-corrected chi connectivity index (χ1v) is 11.0. The number of carbonyl (C=O) groups is 3. The Morgan fingerprint density at radius 1 is 1.23 bits per heavy atom. The Labute approximate surface area is 184 Å². The third-order valence-electron chi connectivity index (χ3n) is 5.30. The molecule has 2 amide bonds. The Morgan fingerprint density at radius 2 is 2.00 bits per heavy atom. The Bertz CT molecular complexity index is 735. The molecule has 1 aliphatic heterocycles. The van der Waals surface area contributed by atoms with Gasteiger partial charge in [-0.3, -0.25) is 14.4 Å². The summed E-state index contributed by atoms with van der Waals surface area (Å²) in [5, 5.41) is 14.5. The summed E-state index contributed by atoms with van der Waals surface area (Å²) in [6, 6.07) is 9.54. The molecule has 0 spiro atoms. The average Bonchev–Trinajstić information content (AvgIpc) is 2.77. The van der Waals surface area contributed by atoms with Gasteiger partial charge in [0.15, 0.2) is 0 Å². The Balaban J connectivity index is 1.96. The van der Waals surface area contributed by atoms with Crippen LogP contribution in [0, 0.1) is 11.8 Å². The zero-order chi connectivity index (χ0) is 22.5. The third kappa shape index (κ3) is 9.34. The summed E-state index contributed by atoms with van der Waals surface area (Å²) in [7, 11) is 0. The molecule has 1 aromatic carbocycles. The minimum Gasteiger partial charge on any atom is -0.464 e. The van der Waals surface area contributed by atoms with E-state index in [4.69, 9.17) is 9.84 Å². The van der Waals surface area contributed by atoms with Crippen LogP contribution in [0.5, 0.6) is 0 Å². The van der Waals surface area contributed by atoms with Crippen molar-refractivity contribution >= 4 is 17.8 Å². The van der Waals surface area contributed by atoms with Gasteiger partial charge in [0.25, 0.3) is 0 Å². The molecule has 7 heteroatoms. The molecule has 1 heterocycles. The lowest BCUT2D eigenvalue weighted by molar-refractivity contribution is -0.149. The first kappa shape index (κ1) is 24.6. The number of amides is 2. The molecule has 0 fully saturated rings. The van der Waals surface area contributed by atoms with Gasteiger partial charge >= 0.3 is 5.97 Å². The number of esters is 1. The highest BCUT2D eigenvalue weighted by Gasteiger charge is 2.23. The Kier molecular flexibility index (Phi) is 10.8. The number of aliphatic hydroxyl groups is 1. The molecule has 0 saturated heterocycles. The second kappa shape index (κ2) is 13.6. The monoisotopic (exact) mass is 430 g/mol. The van der Waals surface area contributed by atoms with E-state index in [9.17, 15) is 14.4 Å². The van der Waals surface area contributed by atoms with Crippen molar-refractivity contribution in [3.8, 4) is 0 Å². The smallest absolute Gasteiger partial charge is 0.309 e. The summed E-state index contributed by atoms with van der Waals surface area (Å²) in [4.78, 5) is 37.3. The minimum absolute atomic E-state index is 0.0411. The lowest BCUT2D eigenvalue weighted by Gasteiger charge is -2.19. The average molecular weight is 431 g/mol. The maximum Gasteiger partial charge on any atom is 0.309 e. The molecule has 0 saturated carbocycles. The maximum absolute atomic E-state index is 12.6. The van der Waals surface area contributed by atoms with Gasteiger partial charge in [-0.25, -0.2) is 0 Å². The number of allylic oxidation sites excluding steroid dienone is 2. The van der Waals surface area contributed by atoms with Crippen molar-refractivity contribution in [2.45, 2.75) is 51.5 Å². The molecule has 2 rings (SSSR count). The van der Waals surface area contributed by atoms with E-state index in [0.29, 0.717) is 12.8 Å². The van der Waals surface area contributed by atoms with Crippen LogP contribution in [0.2, 0.25) is 0 Å². The molecule has 3 atom stereocenters. The Morgan fingerprint density at radius 3 is 2.74 bits per heavy atom. The van der Waals surface area contributed by atoms with Gasteiger partial charge in [-0.2, -0.15) is 0 Å². The predicted molar refractivity (Wildman–Crippen MR) is 118 cm³/mol. The molecule has 170 valence electrons. The first-order valence-electron chi connectivity index (χ1n) is 11.0. The minimum atomic E-state index is -0.508. The molecule has 0 aromatic heterocycles. The maximum atomic E-state index is 12.6. The highest BCUT2D eigenvalue weighted by Crippen LogP contribution is 2.18. The van der Waals surface area contributed by atoms with Crippen LogP contribution in [-0.4, -0.2) is 48.7 Å². The molecule has 0 radical (unpaired) electrons. The molecule has 0 aliphatic carbocycles. The van der Waals surface area contributed by atoms with E-state index in [-0.39, 0.29) is 55.9 Å². The predicted octanol–water partition coefficient (Wildman–Crippen LogP) is 2.14. The van der Waals surface area contributed by atoms with Gasteiger partial charge < -0.3 is 20.5 Å². The van der Waals surface area contributed by atoms with Crippen LogP contribution in [0.3, 0.4) is 0 Å². The van der Waals surface area contributed by atoms with Crippen molar-refractivity contribution < 1.29 is 24.2 Å². The zero-order valence-corrected chi connectivity index (χ0v) is 18.2. The first-order chi connectivity index (χ1) is 15.0. The van der Waals surface area contributed by atoms with Gasteiger partial charge in [0.2, 0.25) is 11.8 Å². The fourth-order valence-corrected chi connectivity index (χ4v) is 3.54. The molecule has 3 N–H and O–H groups in total. The summed E-state index contributed by atoms with van der Waals surface area (Å²) in [6.07, 6.45) is 7.44. The molecule has 1 aliphatic rings. The lowest BCUT2D eigenvalue weighted by Crippen LogP contribution is -2.40. The molecule has 0 bridgehead atoms. The van der Waals surface area contributed by atoms with E-state index < -0.39 is 5.92 Å². The number of cyclic esters (lactones) is 1. The fourth-order valence-electron chi connectivity index (χ4n) is 3.54. The number of hydrogen-bond donors (Lipinski definition) is 3. The van der Waals surface area contributed by atoms with Gasteiger partial charge in [0.05, 0.1) is 25.0 Å². The number of nitrogens with one attached hydrogen (secondary N) is 2. The highest BCUT2D eigenvalue weighted by molar-refractivity contribution is 5.86. The summed E-state index contributed by atoms with van der Waals surface area (Å²) in [5.74, 6) is -1.48. The topological polar surface area (TPSA) is 105 Å². The number of carbonyl (C=O) groups excluding carboxylic acids is 3. The van der Waals surface area contributed by atoms with Crippen molar-refractivity contribution in [3.63, 3.8) is 0 Å². The van der Waals surface area contributed by atoms with E-state index in [1.807, 2.05) is 42.5 Å². The van der Waals surface area contributed by atoms with Crippen molar-refractivity contribution in [1.29, 1.82) is 0 Å². The van der Waals surface area contributed by atoms with E-state index >= 15 is 0 Å². The third-order valence-corrected chi connectivity index (χ3v) is 5.30. The lowest BCUT2D eigenvalue weighted by atomic mass is 9.93. The largest absolute Gasteiger partial charge is 0.464 e. The number of ether oxygens (including phenoxy) is 1. The SMILES string of the molecule is CC(CO)NC(=O)CC1CC=CCCCC(Cc2ccccc2)C(=O)OCCNC1=O. The second-order valence-corrected chi connectivity index (χ2v) is 8.04. The van der Waals surface area contributed by atoms with E-state index in [1.54, 1.807) is 6.92 Å². The highest BCUT2D eigenvalue weighted by atomic mass is 16.5.